The highest BCUT2D eigenvalue weighted by molar-refractivity contribution is 9.09. The second-order valence-corrected chi connectivity index (χ2v) is 12.2. The molecular weight excluding hydrogens is 600 g/mol. The van der Waals surface area contributed by atoms with Crippen LogP contribution in [-0.2, 0) is 23.9 Å². The number of allylic oxidation sites excluding steroid dienone is 1. The molecule has 0 radical (unpaired) electrons. The number of aliphatic hydroxyl groups excluding tert-OH is 1. The number of benzene rings is 1. The number of aliphatic hydroxyl groups is 1. The molecule has 6 atom stereocenters. The molecule has 1 aromatic rings. The molecule has 0 aliphatic carbocycles. The summed E-state index contributed by atoms with van der Waals surface area (Å²) in [7, 11) is 0. The molecule has 3 aliphatic rings. The van der Waals surface area contributed by atoms with Gasteiger partial charge in [-0.1, -0.05) is 51.8 Å². The number of para-hydroxylation sites is 1. The molecule has 0 aromatic heterocycles. The van der Waals surface area contributed by atoms with E-state index in [1.165, 1.54) is 4.90 Å². The number of esters is 1. The largest absolute Gasteiger partial charge is 0.465 e. The molecule has 1 spiro atoms. The van der Waals surface area contributed by atoms with Crippen LogP contribution in [0.3, 0.4) is 0 Å². The van der Waals surface area contributed by atoms with E-state index in [1.54, 1.807) is 35.2 Å². The number of nitrogens with zero attached hydrogens (tertiary/aromatic N) is 2. The van der Waals surface area contributed by atoms with E-state index in [9.17, 15) is 19.5 Å². The Balaban J connectivity index is 1.68. The fourth-order valence-electron chi connectivity index (χ4n) is 6.40. The first-order chi connectivity index (χ1) is 19.3. The lowest BCUT2D eigenvalue weighted by atomic mass is 9.70. The second kappa shape index (κ2) is 13.6. The molecular formula is C30H38BrClN2O6. The molecule has 40 heavy (non-hydrogen) atoms. The van der Waals surface area contributed by atoms with E-state index < -0.39 is 35.6 Å². The van der Waals surface area contributed by atoms with E-state index in [-0.39, 0.29) is 36.4 Å². The van der Waals surface area contributed by atoms with Crippen molar-refractivity contribution in [3.63, 3.8) is 0 Å². The average Bonchev–Trinajstić information content (AvgIpc) is 3.53. The van der Waals surface area contributed by atoms with E-state index in [0.717, 1.165) is 12.8 Å². The number of ether oxygens (including phenoxy) is 2. The molecule has 2 amide bonds. The molecule has 4 rings (SSSR count). The number of anilines is 1. The molecule has 2 bridgehead atoms. The summed E-state index contributed by atoms with van der Waals surface area (Å²) >= 11 is 10.2. The van der Waals surface area contributed by atoms with Crippen LogP contribution in [0.1, 0.15) is 44.9 Å². The zero-order valence-corrected chi connectivity index (χ0v) is 25.0. The quantitative estimate of drug-likeness (QED) is 0.130. The van der Waals surface area contributed by atoms with Gasteiger partial charge in [0.1, 0.15) is 11.6 Å². The van der Waals surface area contributed by atoms with Gasteiger partial charge in [-0.15, -0.1) is 13.2 Å². The first kappa shape index (κ1) is 30.8. The van der Waals surface area contributed by atoms with E-state index >= 15 is 0 Å². The monoisotopic (exact) mass is 636 g/mol. The van der Waals surface area contributed by atoms with Crippen molar-refractivity contribution in [2.75, 3.05) is 31.2 Å². The number of hydrogen-bond acceptors (Lipinski definition) is 6. The number of amides is 2. The molecule has 218 valence electrons. The summed E-state index contributed by atoms with van der Waals surface area (Å²) in [5, 5.41) is 9.65. The summed E-state index contributed by atoms with van der Waals surface area (Å²) in [4.78, 5) is 44.9. The molecule has 1 N–H and O–H groups in total. The molecule has 1 aromatic carbocycles. The van der Waals surface area contributed by atoms with Crippen molar-refractivity contribution < 1.29 is 29.0 Å². The number of alkyl halides is 1. The van der Waals surface area contributed by atoms with Crippen molar-refractivity contribution in [1.82, 2.24) is 4.90 Å². The van der Waals surface area contributed by atoms with Gasteiger partial charge in [-0.25, -0.2) is 0 Å². The van der Waals surface area contributed by atoms with Crippen LogP contribution in [0.15, 0.2) is 49.6 Å². The van der Waals surface area contributed by atoms with Crippen LogP contribution in [0.5, 0.6) is 0 Å². The Morgan fingerprint density at radius 3 is 2.67 bits per heavy atom. The van der Waals surface area contributed by atoms with Gasteiger partial charge in [-0.2, -0.15) is 0 Å². The number of rotatable bonds is 15. The van der Waals surface area contributed by atoms with Gasteiger partial charge >= 0.3 is 5.97 Å². The highest BCUT2D eigenvalue weighted by Crippen LogP contribution is 2.60. The van der Waals surface area contributed by atoms with Gasteiger partial charge in [0.25, 0.3) is 5.91 Å². The van der Waals surface area contributed by atoms with E-state index in [4.69, 9.17) is 21.1 Å². The van der Waals surface area contributed by atoms with Crippen LogP contribution in [0, 0.1) is 11.8 Å². The molecule has 3 heterocycles. The summed E-state index contributed by atoms with van der Waals surface area (Å²) in [6.45, 7) is 8.34. The number of hydrogen-bond donors (Lipinski definition) is 1. The van der Waals surface area contributed by atoms with Crippen molar-refractivity contribution in [2.45, 2.75) is 67.5 Å². The Labute approximate surface area is 249 Å². The van der Waals surface area contributed by atoms with E-state index in [0.29, 0.717) is 49.4 Å². The van der Waals surface area contributed by atoms with Crippen molar-refractivity contribution in [3.8, 4) is 0 Å². The van der Waals surface area contributed by atoms with Crippen LogP contribution >= 0.6 is 27.5 Å². The lowest BCUT2D eigenvalue weighted by Gasteiger charge is -2.37. The summed E-state index contributed by atoms with van der Waals surface area (Å²) < 4.78 is 12.2. The first-order valence-corrected chi connectivity index (χ1v) is 15.3. The van der Waals surface area contributed by atoms with E-state index in [1.807, 2.05) is 6.08 Å². The standard InChI is InChI=1S/C30H38BrClN2O6/c1-3-5-6-12-18-39-29(38)23-24-27(36)34(16-10-7-11-17-35)26(30(24)19-20(31)25(23)40-30)28(37)33(15-4-2)22-14-9-8-13-21(22)32/h3-4,8-9,13-14,20,23-26,35H,1-2,5-7,10-12,15-19H2/t20?,23-,24-,25-,26?,30?/m0/s1. The SMILES string of the molecule is C=CCCCCOC(=O)[C@H]1[C@H]2C(=O)N(CCCCCO)C(C(=O)N(CC=C)c3ccccc3Cl)C23CC(Br)[C@@H]1O3. The number of likely N-dealkylation sites (tertiary alicyclic amines) is 1. The zero-order chi connectivity index (χ0) is 28.9. The third kappa shape index (κ3) is 5.75. The molecule has 0 saturated carbocycles. The minimum atomic E-state index is -1.18. The molecule has 10 heteroatoms. The summed E-state index contributed by atoms with van der Waals surface area (Å²) in [5.74, 6) is -2.69. The van der Waals surface area contributed by atoms with Gasteiger partial charge in [0, 0.05) is 24.5 Å². The predicted octanol–water partition coefficient (Wildman–Crippen LogP) is 4.67. The maximum Gasteiger partial charge on any atom is 0.312 e. The van der Waals surface area contributed by atoms with Crippen molar-refractivity contribution in [3.05, 3.63) is 54.6 Å². The molecule has 3 aliphatic heterocycles. The Morgan fingerprint density at radius 1 is 1.20 bits per heavy atom. The van der Waals surface area contributed by atoms with Crippen molar-refractivity contribution in [1.29, 1.82) is 0 Å². The Kier molecular flexibility index (Phi) is 10.5. The van der Waals surface area contributed by atoms with E-state index in [2.05, 4.69) is 29.1 Å². The second-order valence-electron chi connectivity index (χ2n) is 10.6. The lowest BCUT2D eigenvalue weighted by molar-refractivity contribution is -0.155. The highest BCUT2D eigenvalue weighted by Gasteiger charge is 2.77. The van der Waals surface area contributed by atoms with Gasteiger partial charge in [-0.05, 0) is 57.1 Å². The Bertz CT molecular complexity index is 1120. The van der Waals surface area contributed by atoms with Crippen LogP contribution in [-0.4, -0.2) is 76.7 Å². The van der Waals surface area contributed by atoms with Gasteiger partial charge in [0.05, 0.1) is 35.3 Å². The fourth-order valence-corrected chi connectivity index (χ4v) is 7.58. The Hall–Kier alpha value is -2.20. The summed E-state index contributed by atoms with van der Waals surface area (Å²) in [5.41, 5.74) is -0.669. The average molecular weight is 638 g/mol. The number of unbranched alkanes of at least 4 members (excludes halogenated alkanes) is 4. The molecule has 3 fully saturated rings. The number of halogens is 2. The number of fused-ring (bicyclic) bond motifs is 1. The third-order valence-corrected chi connectivity index (χ3v) is 9.28. The zero-order valence-electron chi connectivity index (χ0n) is 22.7. The minimum absolute atomic E-state index is 0.0548. The minimum Gasteiger partial charge on any atom is -0.465 e. The maximum absolute atomic E-state index is 14.5. The topological polar surface area (TPSA) is 96.4 Å². The number of carbonyl (C=O) groups excluding carboxylic acids is 3. The molecule has 3 saturated heterocycles. The van der Waals surface area contributed by atoms with Crippen LogP contribution < -0.4 is 4.90 Å². The third-order valence-electron chi connectivity index (χ3n) is 8.12. The normalized spacial score (nSPS) is 28.4. The highest BCUT2D eigenvalue weighted by atomic mass is 79.9. The van der Waals surface area contributed by atoms with Gasteiger partial charge in [-0.3, -0.25) is 14.4 Å². The maximum atomic E-state index is 14.5. The van der Waals surface area contributed by atoms with Crippen LogP contribution in [0.2, 0.25) is 5.02 Å². The predicted molar refractivity (Wildman–Crippen MR) is 157 cm³/mol. The van der Waals surface area contributed by atoms with Gasteiger partial charge in [0.15, 0.2) is 0 Å². The first-order valence-electron chi connectivity index (χ1n) is 14.0. The number of carbonyl (C=O) groups is 3. The van der Waals surface area contributed by atoms with Crippen LogP contribution in [0.25, 0.3) is 0 Å². The summed E-state index contributed by atoms with van der Waals surface area (Å²) in [6, 6.07) is 6.10. The van der Waals surface area contributed by atoms with Gasteiger partial charge in [0.2, 0.25) is 5.91 Å². The van der Waals surface area contributed by atoms with Crippen LogP contribution in [0.4, 0.5) is 5.69 Å². The molecule has 3 unspecified atom stereocenters. The fraction of sp³-hybridized carbons (Fsp3) is 0.567. The Morgan fingerprint density at radius 2 is 1.98 bits per heavy atom. The smallest absolute Gasteiger partial charge is 0.312 e. The van der Waals surface area contributed by atoms with Crippen molar-refractivity contribution >= 4 is 51.0 Å². The van der Waals surface area contributed by atoms with Crippen molar-refractivity contribution in [2.24, 2.45) is 11.8 Å². The van der Waals surface area contributed by atoms with Gasteiger partial charge < -0.3 is 24.4 Å². The summed E-state index contributed by atoms with van der Waals surface area (Å²) in [6.07, 6.45) is 7.56. The lowest BCUT2D eigenvalue weighted by Crippen LogP contribution is -2.57. The molecule has 8 nitrogen and oxygen atoms in total.